The summed E-state index contributed by atoms with van der Waals surface area (Å²) in [6.45, 7) is 0.813. The summed E-state index contributed by atoms with van der Waals surface area (Å²) in [5.41, 5.74) is 22.5. The van der Waals surface area contributed by atoms with Gasteiger partial charge < -0.3 is 17.2 Å². The van der Waals surface area contributed by atoms with Gasteiger partial charge in [0.2, 0.25) is 17.1 Å². The van der Waals surface area contributed by atoms with E-state index in [1.165, 1.54) is 0 Å². The van der Waals surface area contributed by atoms with E-state index < -0.39 is 0 Å². The number of aromatic nitrogens is 1. The quantitative estimate of drug-likeness (QED) is 0.188. The molecule has 0 unspecified atom stereocenters. The second-order valence-corrected chi connectivity index (χ2v) is 7.72. The van der Waals surface area contributed by atoms with Gasteiger partial charge in [-0.15, -0.1) is 0 Å². The largest absolute Gasteiger partial charge is 0.399 e. The first-order valence-electron chi connectivity index (χ1n) is 10.3. The summed E-state index contributed by atoms with van der Waals surface area (Å²) in [6, 6.07) is 22.5. The third-order valence-corrected chi connectivity index (χ3v) is 5.52. The molecule has 30 heavy (non-hydrogen) atoms. The summed E-state index contributed by atoms with van der Waals surface area (Å²) >= 11 is 0. The summed E-state index contributed by atoms with van der Waals surface area (Å²) in [5.74, 6) is -0.243. The van der Waals surface area contributed by atoms with Crippen LogP contribution in [0.5, 0.6) is 0 Å². The van der Waals surface area contributed by atoms with E-state index in [0.717, 1.165) is 70.1 Å². The average molecular weight is 400 g/mol. The molecular formula is C25H27N4O+. The number of nitrogen functional groups attached to an aromatic ring is 2. The first kappa shape index (κ1) is 19.7. The van der Waals surface area contributed by atoms with Crippen molar-refractivity contribution in [3.8, 4) is 11.3 Å². The van der Waals surface area contributed by atoms with E-state index in [1.807, 2.05) is 36.4 Å². The van der Waals surface area contributed by atoms with Crippen molar-refractivity contribution in [2.45, 2.75) is 32.2 Å². The minimum atomic E-state index is -0.243. The molecule has 0 aliphatic heterocycles. The Bertz CT molecular complexity index is 1220. The van der Waals surface area contributed by atoms with Crippen molar-refractivity contribution < 1.29 is 9.36 Å². The number of rotatable bonds is 7. The minimum Gasteiger partial charge on any atom is -0.399 e. The molecule has 1 amide bonds. The van der Waals surface area contributed by atoms with Gasteiger partial charge in [0.05, 0.1) is 10.8 Å². The standard InChI is InChI=1S/C25H26N4O/c26-18-10-12-20-21-13-11-19(27)16-23(21)29(14-6-2-5-9-24(28)30)25(22(20)15-18)17-7-3-1-4-8-17/h1,3-4,7-8,10-13,15-16,27H,2,5-6,9,14,26H2,(H2,28,30)/p+1. The number of nitrogens with zero attached hydrogens (tertiary/aromatic N) is 1. The summed E-state index contributed by atoms with van der Waals surface area (Å²) in [5, 5.41) is 3.43. The van der Waals surface area contributed by atoms with Crippen molar-refractivity contribution in [1.29, 1.82) is 0 Å². The predicted octanol–water partition coefficient (Wildman–Crippen LogP) is 4.16. The molecule has 6 N–H and O–H groups in total. The number of benzene rings is 3. The second kappa shape index (κ2) is 8.41. The lowest BCUT2D eigenvalue weighted by molar-refractivity contribution is -0.659. The lowest BCUT2D eigenvalue weighted by atomic mass is 9.98. The SMILES string of the molecule is NC(=O)CCCCC[n+]1c(-c2ccccc2)c2cc(N)ccc2c2ccc(N)cc21. The van der Waals surface area contributed by atoms with Gasteiger partial charge in [0.1, 0.15) is 6.54 Å². The zero-order valence-electron chi connectivity index (χ0n) is 17.0. The van der Waals surface area contributed by atoms with Crippen molar-refractivity contribution in [3.05, 3.63) is 66.7 Å². The molecule has 4 aromatic rings. The number of unbranched alkanes of at least 4 members (excludes halogenated alkanes) is 2. The van der Waals surface area contributed by atoms with Crippen LogP contribution in [0, 0.1) is 0 Å². The van der Waals surface area contributed by atoms with Crippen LogP contribution in [0.3, 0.4) is 0 Å². The number of primary amides is 1. The van der Waals surface area contributed by atoms with E-state index in [4.69, 9.17) is 17.2 Å². The molecule has 0 aliphatic carbocycles. The number of hydrogen-bond donors (Lipinski definition) is 3. The van der Waals surface area contributed by atoms with Crippen LogP contribution in [0.1, 0.15) is 25.7 Å². The first-order chi connectivity index (χ1) is 14.5. The molecule has 0 saturated heterocycles. The highest BCUT2D eigenvalue weighted by Gasteiger charge is 2.23. The number of aryl methyl sites for hydroxylation is 1. The molecule has 1 aromatic heterocycles. The van der Waals surface area contributed by atoms with Crippen LogP contribution in [0.15, 0.2) is 66.7 Å². The highest BCUT2D eigenvalue weighted by atomic mass is 16.1. The monoisotopic (exact) mass is 399 g/mol. The Morgan fingerprint density at radius 1 is 0.767 bits per heavy atom. The molecule has 0 aliphatic rings. The molecule has 152 valence electrons. The van der Waals surface area contributed by atoms with Gasteiger partial charge in [-0.25, -0.2) is 0 Å². The number of fused-ring (bicyclic) bond motifs is 3. The Hall–Kier alpha value is -3.60. The summed E-state index contributed by atoms with van der Waals surface area (Å²) < 4.78 is 2.34. The highest BCUT2D eigenvalue weighted by Crippen LogP contribution is 2.33. The Balaban J connectivity index is 1.92. The number of pyridine rings is 1. The van der Waals surface area contributed by atoms with E-state index in [2.05, 4.69) is 34.9 Å². The molecule has 0 fully saturated rings. The van der Waals surface area contributed by atoms with Crippen LogP contribution >= 0.6 is 0 Å². The summed E-state index contributed by atoms with van der Waals surface area (Å²) in [6.07, 6.45) is 3.10. The zero-order chi connectivity index (χ0) is 21.1. The number of nitrogens with two attached hydrogens (primary N) is 3. The molecule has 0 saturated carbocycles. The van der Waals surface area contributed by atoms with Crippen molar-refractivity contribution in [2.24, 2.45) is 5.73 Å². The van der Waals surface area contributed by atoms with Crippen LogP contribution < -0.4 is 21.8 Å². The topological polar surface area (TPSA) is 99.0 Å². The smallest absolute Gasteiger partial charge is 0.220 e. The van der Waals surface area contributed by atoms with Crippen LogP contribution in [-0.2, 0) is 11.3 Å². The summed E-state index contributed by atoms with van der Waals surface area (Å²) in [4.78, 5) is 11.1. The van der Waals surface area contributed by atoms with Crippen molar-refractivity contribution >= 4 is 39.0 Å². The van der Waals surface area contributed by atoms with Crippen LogP contribution in [0.2, 0.25) is 0 Å². The van der Waals surface area contributed by atoms with Gasteiger partial charge in [0, 0.05) is 41.2 Å². The van der Waals surface area contributed by atoms with Gasteiger partial charge in [0.25, 0.3) is 0 Å². The maximum Gasteiger partial charge on any atom is 0.220 e. The van der Waals surface area contributed by atoms with E-state index in [0.29, 0.717) is 6.42 Å². The molecule has 5 heteroatoms. The van der Waals surface area contributed by atoms with E-state index in [9.17, 15) is 4.79 Å². The Morgan fingerprint density at radius 3 is 2.20 bits per heavy atom. The molecule has 1 heterocycles. The average Bonchev–Trinajstić information content (AvgIpc) is 2.73. The van der Waals surface area contributed by atoms with Crippen LogP contribution in [0.25, 0.3) is 32.9 Å². The van der Waals surface area contributed by atoms with Gasteiger partial charge >= 0.3 is 0 Å². The number of carbonyl (C=O) groups excluding carboxylic acids is 1. The fourth-order valence-corrected chi connectivity index (χ4v) is 4.14. The van der Waals surface area contributed by atoms with E-state index in [-0.39, 0.29) is 5.91 Å². The normalized spacial score (nSPS) is 11.2. The molecular weight excluding hydrogens is 372 g/mol. The number of carbonyl (C=O) groups is 1. The zero-order valence-corrected chi connectivity index (χ0v) is 17.0. The molecule has 5 nitrogen and oxygen atoms in total. The van der Waals surface area contributed by atoms with Gasteiger partial charge in [-0.3, -0.25) is 4.79 Å². The summed E-state index contributed by atoms with van der Waals surface area (Å²) in [7, 11) is 0. The predicted molar refractivity (Wildman–Crippen MR) is 124 cm³/mol. The number of hydrogen-bond acceptors (Lipinski definition) is 3. The lowest BCUT2D eigenvalue weighted by Crippen LogP contribution is -2.37. The molecule has 4 rings (SSSR count). The number of anilines is 2. The maximum atomic E-state index is 11.1. The minimum absolute atomic E-state index is 0.243. The fraction of sp³-hybridized carbons (Fsp3) is 0.200. The molecule has 0 radical (unpaired) electrons. The Kier molecular flexibility index (Phi) is 5.53. The molecule has 3 aromatic carbocycles. The van der Waals surface area contributed by atoms with Gasteiger partial charge in [0.15, 0.2) is 0 Å². The highest BCUT2D eigenvalue weighted by molar-refractivity contribution is 6.10. The second-order valence-electron chi connectivity index (χ2n) is 7.72. The first-order valence-corrected chi connectivity index (χ1v) is 10.3. The Morgan fingerprint density at radius 2 is 1.47 bits per heavy atom. The van der Waals surface area contributed by atoms with E-state index in [1.54, 1.807) is 0 Å². The Labute approximate surface area is 176 Å². The van der Waals surface area contributed by atoms with Gasteiger partial charge in [-0.1, -0.05) is 24.3 Å². The lowest BCUT2D eigenvalue weighted by Gasteiger charge is -2.13. The molecule has 0 atom stereocenters. The van der Waals surface area contributed by atoms with Crippen molar-refractivity contribution in [1.82, 2.24) is 0 Å². The maximum absolute atomic E-state index is 11.1. The third-order valence-electron chi connectivity index (χ3n) is 5.52. The van der Waals surface area contributed by atoms with Crippen LogP contribution in [0.4, 0.5) is 11.4 Å². The van der Waals surface area contributed by atoms with Gasteiger partial charge in [-0.2, -0.15) is 4.57 Å². The van der Waals surface area contributed by atoms with Crippen molar-refractivity contribution in [2.75, 3.05) is 11.5 Å². The third kappa shape index (κ3) is 3.92. The fourth-order valence-electron chi connectivity index (χ4n) is 4.14. The molecule has 0 spiro atoms. The number of amides is 1. The molecule has 0 bridgehead atoms. The van der Waals surface area contributed by atoms with Gasteiger partial charge in [-0.05, 0) is 49.2 Å². The van der Waals surface area contributed by atoms with Crippen molar-refractivity contribution in [3.63, 3.8) is 0 Å². The van der Waals surface area contributed by atoms with E-state index >= 15 is 0 Å². The van der Waals surface area contributed by atoms with Crippen LogP contribution in [-0.4, -0.2) is 5.91 Å².